The van der Waals surface area contributed by atoms with Crippen molar-refractivity contribution in [3.63, 3.8) is 0 Å². The Labute approximate surface area is 123 Å². The van der Waals surface area contributed by atoms with Crippen LogP contribution in [0.3, 0.4) is 0 Å². The Hall–Kier alpha value is -2.30. The molecule has 2 N–H and O–H groups in total. The lowest BCUT2D eigenvalue weighted by atomic mass is 10.1. The number of nitrogens with zero attached hydrogens (tertiary/aromatic N) is 1. The second kappa shape index (κ2) is 5.99. The molecular formula is C16H19N3O2. The number of hydrogen-bond donors (Lipinski definition) is 2. The fourth-order valence-corrected chi connectivity index (χ4v) is 2.53. The lowest BCUT2D eigenvalue weighted by Crippen LogP contribution is -2.23. The van der Waals surface area contributed by atoms with Crippen molar-refractivity contribution in [1.82, 2.24) is 15.3 Å². The summed E-state index contributed by atoms with van der Waals surface area (Å²) in [4.78, 5) is 19.6. The summed E-state index contributed by atoms with van der Waals surface area (Å²) >= 11 is 0. The maximum Gasteiger partial charge on any atom is 0.271 e. The number of aromatic nitrogens is 2. The maximum absolute atomic E-state index is 11.9. The summed E-state index contributed by atoms with van der Waals surface area (Å²) in [7, 11) is 0. The number of hydrogen-bond acceptors (Lipinski definition) is 3. The molecule has 0 radical (unpaired) electrons. The monoisotopic (exact) mass is 285 g/mol. The van der Waals surface area contributed by atoms with Crippen LogP contribution in [0, 0.1) is 0 Å². The van der Waals surface area contributed by atoms with Crippen LogP contribution in [-0.4, -0.2) is 29.0 Å². The molecule has 0 spiro atoms. The molecule has 0 aliphatic carbocycles. The third-order valence-electron chi connectivity index (χ3n) is 3.54. The number of ether oxygens (including phenoxy) is 1. The number of amides is 1. The molecule has 0 saturated carbocycles. The third-order valence-corrected chi connectivity index (χ3v) is 3.54. The van der Waals surface area contributed by atoms with E-state index in [1.165, 1.54) is 0 Å². The number of carbonyl (C=O) groups excluding carboxylic acids is 1. The number of fused-ring (bicyclic) bond motifs is 1. The molecule has 1 aromatic carbocycles. The summed E-state index contributed by atoms with van der Waals surface area (Å²) in [6.45, 7) is 3.35. The molecule has 1 amide bonds. The van der Waals surface area contributed by atoms with E-state index in [9.17, 15) is 4.79 Å². The minimum atomic E-state index is -0.0725. The second-order valence-corrected chi connectivity index (χ2v) is 5.12. The van der Waals surface area contributed by atoms with Gasteiger partial charge < -0.3 is 15.0 Å². The first kappa shape index (κ1) is 13.7. The van der Waals surface area contributed by atoms with Crippen molar-refractivity contribution in [2.75, 3.05) is 13.2 Å². The zero-order valence-corrected chi connectivity index (χ0v) is 12.1. The van der Waals surface area contributed by atoms with E-state index in [1.54, 1.807) is 0 Å². The molecule has 0 bridgehead atoms. The van der Waals surface area contributed by atoms with Crippen molar-refractivity contribution in [2.24, 2.45) is 0 Å². The van der Waals surface area contributed by atoms with E-state index in [0.29, 0.717) is 18.7 Å². The van der Waals surface area contributed by atoms with E-state index in [2.05, 4.69) is 15.3 Å². The predicted molar refractivity (Wildman–Crippen MR) is 79.7 cm³/mol. The van der Waals surface area contributed by atoms with Gasteiger partial charge in [0.1, 0.15) is 17.3 Å². The minimum Gasteiger partial charge on any atom is -0.494 e. The predicted octanol–water partition coefficient (Wildman–Crippen LogP) is 2.08. The zero-order chi connectivity index (χ0) is 14.7. The van der Waals surface area contributed by atoms with Crippen LogP contribution < -0.4 is 10.1 Å². The topological polar surface area (TPSA) is 67.0 Å². The Morgan fingerprint density at radius 1 is 1.29 bits per heavy atom. The first-order valence-electron chi connectivity index (χ1n) is 7.34. The Bertz CT molecular complexity index is 631. The van der Waals surface area contributed by atoms with E-state index >= 15 is 0 Å². The first-order valence-corrected chi connectivity index (χ1v) is 7.34. The van der Waals surface area contributed by atoms with Crippen LogP contribution >= 0.6 is 0 Å². The van der Waals surface area contributed by atoms with Gasteiger partial charge in [-0.05, 0) is 37.5 Å². The van der Waals surface area contributed by atoms with Gasteiger partial charge in [0, 0.05) is 18.7 Å². The molecule has 1 aromatic heterocycles. The van der Waals surface area contributed by atoms with Crippen LogP contribution in [0.4, 0.5) is 0 Å². The van der Waals surface area contributed by atoms with Gasteiger partial charge in [-0.25, -0.2) is 4.98 Å². The number of H-pyrrole nitrogens is 1. The molecule has 5 nitrogen and oxygen atoms in total. The average molecular weight is 285 g/mol. The molecule has 5 heteroatoms. The fourth-order valence-electron chi connectivity index (χ4n) is 2.53. The fraction of sp³-hybridized carbons (Fsp3) is 0.375. The molecule has 2 heterocycles. The van der Waals surface area contributed by atoms with Gasteiger partial charge >= 0.3 is 0 Å². The SMILES string of the molecule is CCOc1ccc(Cc2nc3c([nH]2)CCCNC3=O)cc1. The summed E-state index contributed by atoms with van der Waals surface area (Å²) in [5.41, 5.74) is 2.64. The molecule has 0 saturated heterocycles. The number of carbonyl (C=O) groups is 1. The van der Waals surface area contributed by atoms with Crippen LogP contribution in [0.15, 0.2) is 24.3 Å². The number of benzene rings is 1. The number of nitrogens with one attached hydrogen (secondary N) is 2. The van der Waals surface area contributed by atoms with Crippen LogP contribution in [0.25, 0.3) is 0 Å². The molecule has 0 unspecified atom stereocenters. The summed E-state index contributed by atoms with van der Waals surface area (Å²) in [6.07, 6.45) is 2.50. The van der Waals surface area contributed by atoms with Gasteiger partial charge in [-0.1, -0.05) is 12.1 Å². The number of aryl methyl sites for hydroxylation is 1. The van der Waals surface area contributed by atoms with Crippen molar-refractivity contribution in [2.45, 2.75) is 26.2 Å². The van der Waals surface area contributed by atoms with Gasteiger partial charge in [0.15, 0.2) is 0 Å². The highest BCUT2D eigenvalue weighted by atomic mass is 16.5. The van der Waals surface area contributed by atoms with E-state index in [1.807, 2.05) is 31.2 Å². The second-order valence-electron chi connectivity index (χ2n) is 5.12. The molecule has 1 aliphatic rings. The standard InChI is InChI=1S/C16H19N3O2/c1-2-21-12-7-5-11(6-8-12)10-14-18-13-4-3-9-17-16(20)15(13)19-14/h5-8H,2-4,9-10H2,1H3,(H,17,20)(H,18,19). The Morgan fingerprint density at radius 3 is 2.86 bits per heavy atom. The smallest absolute Gasteiger partial charge is 0.271 e. The highest BCUT2D eigenvalue weighted by Crippen LogP contribution is 2.17. The highest BCUT2D eigenvalue weighted by Gasteiger charge is 2.19. The van der Waals surface area contributed by atoms with E-state index in [-0.39, 0.29) is 5.91 Å². The van der Waals surface area contributed by atoms with Crippen LogP contribution in [0.1, 0.15) is 40.9 Å². The van der Waals surface area contributed by atoms with Gasteiger partial charge in [0.2, 0.25) is 0 Å². The number of rotatable bonds is 4. The molecule has 2 aromatic rings. The Morgan fingerprint density at radius 2 is 2.10 bits per heavy atom. The van der Waals surface area contributed by atoms with E-state index in [0.717, 1.165) is 42.2 Å². The van der Waals surface area contributed by atoms with E-state index < -0.39 is 0 Å². The lowest BCUT2D eigenvalue weighted by molar-refractivity contribution is 0.0951. The normalized spacial score (nSPS) is 14.2. The molecule has 1 aliphatic heterocycles. The largest absolute Gasteiger partial charge is 0.494 e. The Balaban J connectivity index is 1.76. The van der Waals surface area contributed by atoms with Gasteiger partial charge in [-0.2, -0.15) is 0 Å². The molecule has 21 heavy (non-hydrogen) atoms. The molecule has 3 rings (SSSR count). The molecule has 110 valence electrons. The first-order chi connectivity index (χ1) is 10.3. The van der Waals surface area contributed by atoms with Gasteiger partial charge in [0.25, 0.3) is 5.91 Å². The van der Waals surface area contributed by atoms with E-state index in [4.69, 9.17) is 4.74 Å². The zero-order valence-electron chi connectivity index (χ0n) is 12.1. The van der Waals surface area contributed by atoms with Gasteiger partial charge in [0.05, 0.1) is 6.61 Å². The molecule has 0 atom stereocenters. The van der Waals surface area contributed by atoms with Crippen LogP contribution in [0.2, 0.25) is 0 Å². The van der Waals surface area contributed by atoms with Crippen LogP contribution in [-0.2, 0) is 12.8 Å². The van der Waals surface area contributed by atoms with Gasteiger partial charge in [-0.3, -0.25) is 4.79 Å². The average Bonchev–Trinajstić information content (AvgIpc) is 2.81. The Kier molecular flexibility index (Phi) is 3.90. The third kappa shape index (κ3) is 3.07. The minimum absolute atomic E-state index is 0.0725. The van der Waals surface area contributed by atoms with Crippen molar-refractivity contribution in [3.05, 3.63) is 47.0 Å². The summed E-state index contributed by atoms with van der Waals surface area (Å²) in [6, 6.07) is 7.97. The summed E-state index contributed by atoms with van der Waals surface area (Å²) in [5.74, 6) is 1.63. The van der Waals surface area contributed by atoms with Crippen LogP contribution in [0.5, 0.6) is 5.75 Å². The van der Waals surface area contributed by atoms with Crippen molar-refractivity contribution < 1.29 is 9.53 Å². The molecular weight excluding hydrogens is 266 g/mol. The lowest BCUT2D eigenvalue weighted by Gasteiger charge is -2.04. The van der Waals surface area contributed by atoms with Crippen molar-refractivity contribution in [3.8, 4) is 5.75 Å². The quantitative estimate of drug-likeness (QED) is 0.903. The highest BCUT2D eigenvalue weighted by molar-refractivity contribution is 5.93. The summed E-state index contributed by atoms with van der Waals surface area (Å²) in [5, 5.41) is 2.86. The molecule has 0 fully saturated rings. The number of aromatic amines is 1. The van der Waals surface area contributed by atoms with Crippen molar-refractivity contribution >= 4 is 5.91 Å². The maximum atomic E-state index is 11.9. The number of imidazole rings is 1. The van der Waals surface area contributed by atoms with Crippen molar-refractivity contribution in [1.29, 1.82) is 0 Å². The summed E-state index contributed by atoms with van der Waals surface area (Å²) < 4.78 is 5.43. The van der Waals surface area contributed by atoms with Gasteiger partial charge in [-0.15, -0.1) is 0 Å².